The van der Waals surface area contributed by atoms with E-state index < -0.39 is 0 Å². The number of hydrogen-bond acceptors (Lipinski definition) is 1. The van der Waals surface area contributed by atoms with Crippen molar-refractivity contribution in [3.8, 4) is 0 Å². The Morgan fingerprint density at radius 2 is 1.52 bits per heavy atom. The third kappa shape index (κ3) is 1.46. The first-order valence-corrected chi connectivity index (χ1v) is 7.73. The molecule has 2 heterocycles. The number of rotatable bonds is 1. The van der Waals surface area contributed by atoms with Crippen molar-refractivity contribution in [3.05, 3.63) is 66.2 Å². The van der Waals surface area contributed by atoms with Gasteiger partial charge in [0.05, 0.1) is 16.6 Å². The SMILES string of the molecule is CNC(=N)c1ccc2c3cccc4c5ccccc5n(c2c1)c43. The molecule has 110 valence electrons. The lowest BCUT2D eigenvalue weighted by Gasteiger charge is -2.04. The topological polar surface area (TPSA) is 40.3 Å². The van der Waals surface area contributed by atoms with Gasteiger partial charge in [-0.1, -0.05) is 48.5 Å². The molecule has 0 aliphatic carbocycles. The minimum absolute atomic E-state index is 0.441. The van der Waals surface area contributed by atoms with E-state index in [0.717, 1.165) is 11.1 Å². The molecular weight excluding hydrogens is 282 g/mol. The maximum atomic E-state index is 8.05. The van der Waals surface area contributed by atoms with E-state index >= 15 is 0 Å². The summed E-state index contributed by atoms with van der Waals surface area (Å²) in [5.41, 5.74) is 4.57. The van der Waals surface area contributed by atoms with Crippen molar-refractivity contribution in [2.24, 2.45) is 0 Å². The third-order valence-corrected chi connectivity index (χ3v) is 4.76. The van der Waals surface area contributed by atoms with Gasteiger partial charge in [0.1, 0.15) is 5.84 Å². The van der Waals surface area contributed by atoms with E-state index in [1.807, 2.05) is 6.07 Å². The van der Waals surface area contributed by atoms with Gasteiger partial charge < -0.3 is 9.72 Å². The average Bonchev–Trinajstić information content (AvgIpc) is 3.12. The number of aromatic nitrogens is 1. The Bertz CT molecular complexity index is 1210. The maximum absolute atomic E-state index is 8.05. The summed E-state index contributed by atoms with van der Waals surface area (Å²) in [6, 6.07) is 21.3. The minimum atomic E-state index is 0.441. The molecule has 0 amide bonds. The van der Waals surface area contributed by atoms with Crippen LogP contribution in [-0.2, 0) is 0 Å². The van der Waals surface area contributed by atoms with Crippen LogP contribution in [0.25, 0.3) is 38.1 Å². The van der Waals surface area contributed by atoms with Crippen LogP contribution in [0.1, 0.15) is 5.56 Å². The first kappa shape index (κ1) is 12.5. The fourth-order valence-electron chi connectivity index (χ4n) is 3.73. The minimum Gasteiger partial charge on any atom is -0.373 e. The van der Waals surface area contributed by atoms with Gasteiger partial charge in [-0.2, -0.15) is 0 Å². The van der Waals surface area contributed by atoms with Crippen molar-refractivity contribution < 1.29 is 0 Å². The molecule has 0 radical (unpaired) electrons. The van der Waals surface area contributed by atoms with Gasteiger partial charge in [-0.15, -0.1) is 0 Å². The Balaban J connectivity index is 2.08. The molecule has 0 atom stereocenters. The molecule has 3 nitrogen and oxygen atoms in total. The van der Waals surface area contributed by atoms with Crippen molar-refractivity contribution in [3.63, 3.8) is 0 Å². The monoisotopic (exact) mass is 297 g/mol. The first-order chi connectivity index (χ1) is 11.3. The predicted molar refractivity (Wildman–Crippen MR) is 97.0 cm³/mol. The molecule has 5 aromatic rings. The second-order valence-corrected chi connectivity index (χ2v) is 5.91. The van der Waals surface area contributed by atoms with Gasteiger partial charge in [-0.3, -0.25) is 5.41 Å². The predicted octanol–water partition coefficient (Wildman–Crippen LogP) is 4.38. The van der Waals surface area contributed by atoms with Crippen molar-refractivity contribution >= 4 is 43.9 Å². The fraction of sp³-hybridized carbons (Fsp3) is 0.0500. The molecule has 5 rings (SSSR count). The lowest BCUT2D eigenvalue weighted by Crippen LogP contribution is -2.17. The summed E-state index contributed by atoms with van der Waals surface area (Å²) in [5.74, 6) is 0.441. The molecule has 23 heavy (non-hydrogen) atoms. The highest BCUT2D eigenvalue weighted by Gasteiger charge is 2.17. The second kappa shape index (κ2) is 4.23. The first-order valence-electron chi connectivity index (χ1n) is 7.73. The Morgan fingerprint density at radius 1 is 0.826 bits per heavy atom. The Labute approximate surface area is 133 Å². The number of benzene rings is 3. The molecule has 2 N–H and O–H groups in total. The zero-order valence-corrected chi connectivity index (χ0v) is 12.7. The van der Waals surface area contributed by atoms with Crippen molar-refractivity contribution in [1.29, 1.82) is 5.41 Å². The Kier molecular flexibility index (Phi) is 2.29. The van der Waals surface area contributed by atoms with Crippen LogP contribution in [0.3, 0.4) is 0 Å². The van der Waals surface area contributed by atoms with Crippen LogP contribution in [0.2, 0.25) is 0 Å². The van der Waals surface area contributed by atoms with Gasteiger partial charge in [0.15, 0.2) is 0 Å². The van der Waals surface area contributed by atoms with Gasteiger partial charge in [-0.25, -0.2) is 0 Å². The molecule has 0 unspecified atom stereocenters. The molecule has 0 aliphatic heterocycles. The number of para-hydroxylation sites is 2. The number of nitrogens with zero attached hydrogens (tertiary/aromatic N) is 1. The second-order valence-electron chi connectivity index (χ2n) is 5.91. The van der Waals surface area contributed by atoms with Crippen LogP contribution in [0, 0.1) is 5.41 Å². The lowest BCUT2D eigenvalue weighted by molar-refractivity contribution is 1.14. The van der Waals surface area contributed by atoms with Crippen molar-refractivity contribution in [2.45, 2.75) is 0 Å². The van der Waals surface area contributed by atoms with Gasteiger partial charge in [-0.05, 0) is 12.1 Å². The molecule has 0 aliphatic rings. The Hall–Kier alpha value is -3.07. The summed E-state index contributed by atoms with van der Waals surface area (Å²) >= 11 is 0. The zero-order chi connectivity index (χ0) is 15.6. The molecule has 0 bridgehead atoms. The number of amidine groups is 1. The molecular formula is C20H15N3. The summed E-state index contributed by atoms with van der Waals surface area (Å²) in [6.45, 7) is 0. The van der Waals surface area contributed by atoms with E-state index in [2.05, 4.69) is 64.3 Å². The van der Waals surface area contributed by atoms with E-state index in [-0.39, 0.29) is 0 Å². The zero-order valence-electron chi connectivity index (χ0n) is 12.7. The Morgan fingerprint density at radius 3 is 2.30 bits per heavy atom. The highest BCUT2D eigenvalue weighted by molar-refractivity contribution is 6.23. The molecule has 2 aromatic heterocycles. The number of hydrogen-bond donors (Lipinski definition) is 2. The van der Waals surface area contributed by atoms with Gasteiger partial charge in [0.25, 0.3) is 0 Å². The molecule has 0 saturated carbocycles. The van der Waals surface area contributed by atoms with Gasteiger partial charge in [0.2, 0.25) is 0 Å². The van der Waals surface area contributed by atoms with E-state index in [0.29, 0.717) is 5.84 Å². The summed E-state index contributed by atoms with van der Waals surface area (Å²) in [5, 5.41) is 16.1. The smallest absolute Gasteiger partial charge is 0.125 e. The molecule has 3 aromatic carbocycles. The van der Waals surface area contributed by atoms with Crippen molar-refractivity contribution in [2.75, 3.05) is 7.05 Å². The van der Waals surface area contributed by atoms with Gasteiger partial charge >= 0.3 is 0 Å². The summed E-state index contributed by atoms with van der Waals surface area (Å²) in [7, 11) is 1.79. The quantitative estimate of drug-likeness (QED) is 0.350. The standard InChI is InChI=1S/C20H15N3/c1-22-20(21)12-9-10-14-16-7-4-6-15-13-5-2-3-8-17(13)23(19(15)16)18(14)11-12/h2-11H,1H3,(H2,21,22). The fourth-order valence-corrected chi connectivity index (χ4v) is 3.73. The van der Waals surface area contributed by atoms with Crippen LogP contribution in [0.15, 0.2) is 60.7 Å². The van der Waals surface area contributed by atoms with Crippen molar-refractivity contribution in [1.82, 2.24) is 9.72 Å². The average molecular weight is 297 g/mol. The highest BCUT2D eigenvalue weighted by Crippen LogP contribution is 2.38. The summed E-state index contributed by atoms with van der Waals surface area (Å²) in [4.78, 5) is 0. The molecule has 0 spiro atoms. The third-order valence-electron chi connectivity index (χ3n) is 4.76. The van der Waals surface area contributed by atoms with Crippen LogP contribution >= 0.6 is 0 Å². The van der Waals surface area contributed by atoms with Crippen LogP contribution in [0.5, 0.6) is 0 Å². The van der Waals surface area contributed by atoms with Gasteiger partial charge in [0, 0.05) is 34.2 Å². The lowest BCUT2D eigenvalue weighted by atomic mass is 10.1. The summed E-state index contributed by atoms with van der Waals surface area (Å²) in [6.07, 6.45) is 0. The number of nitrogens with one attached hydrogen (secondary N) is 2. The van der Waals surface area contributed by atoms with Crippen LogP contribution < -0.4 is 5.32 Å². The summed E-state index contributed by atoms with van der Waals surface area (Å²) < 4.78 is 2.34. The van der Waals surface area contributed by atoms with E-state index in [9.17, 15) is 0 Å². The van der Waals surface area contributed by atoms with E-state index in [4.69, 9.17) is 5.41 Å². The van der Waals surface area contributed by atoms with E-state index in [1.165, 1.54) is 32.6 Å². The van der Waals surface area contributed by atoms with Crippen LogP contribution in [0.4, 0.5) is 0 Å². The molecule has 0 fully saturated rings. The molecule has 3 heteroatoms. The largest absolute Gasteiger partial charge is 0.373 e. The van der Waals surface area contributed by atoms with E-state index in [1.54, 1.807) is 7.05 Å². The molecule has 0 saturated heterocycles. The van der Waals surface area contributed by atoms with Crippen LogP contribution in [-0.4, -0.2) is 17.3 Å². The normalized spacial score (nSPS) is 11.9. The number of fused-ring (bicyclic) bond motifs is 6. The highest BCUT2D eigenvalue weighted by atomic mass is 14.9. The maximum Gasteiger partial charge on any atom is 0.125 e.